The molecule has 9 heteroatoms. The first-order valence-corrected chi connectivity index (χ1v) is 8.80. The zero-order valence-electron chi connectivity index (χ0n) is 15.2. The molecule has 3 rings (SSSR count). The quantitative estimate of drug-likeness (QED) is 0.343. The predicted molar refractivity (Wildman–Crippen MR) is 101 cm³/mol. The Kier molecular flexibility index (Phi) is 6.26. The van der Waals surface area contributed by atoms with Crippen molar-refractivity contribution in [2.24, 2.45) is 0 Å². The minimum Gasteiger partial charge on any atom is -0.508 e. The molecule has 2 aromatic rings. The van der Waals surface area contributed by atoms with Crippen molar-refractivity contribution in [2.45, 2.75) is 30.7 Å². The first-order chi connectivity index (χ1) is 13.8. The molecule has 5 unspecified atom stereocenters. The van der Waals surface area contributed by atoms with Gasteiger partial charge in [-0.3, -0.25) is 0 Å². The lowest BCUT2D eigenvalue weighted by Crippen LogP contribution is -2.60. The van der Waals surface area contributed by atoms with E-state index in [0.717, 1.165) is 11.6 Å². The molecule has 0 saturated carbocycles. The summed E-state index contributed by atoms with van der Waals surface area (Å²) in [7, 11) is 0. The van der Waals surface area contributed by atoms with Crippen molar-refractivity contribution in [3.63, 3.8) is 0 Å². The van der Waals surface area contributed by atoms with Gasteiger partial charge in [-0.15, -0.1) is 0 Å². The molecule has 2 aromatic carbocycles. The SMILES string of the molecule is OCC1OC(Oc2cc(C=Cc3ccc(O)cc3)c(O)cc2O)C(O)C(O)C1O. The number of benzene rings is 2. The Morgan fingerprint density at radius 3 is 2.21 bits per heavy atom. The molecule has 0 bridgehead atoms. The molecule has 9 nitrogen and oxygen atoms in total. The molecule has 0 amide bonds. The van der Waals surface area contributed by atoms with E-state index in [1.807, 2.05) is 0 Å². The number of aromatic hydroxyl groups is 3. The van der Waals surface area contributed by atoms with Gasteiger partial charge < -0.3 is 45.2 Å². The third kappa shape index (κ3) is 4.61. The summed E-state index contributed by atoms with van der Waals surface area (Å²) < 4.78 is 10.7. The van der Waals surface area contributed by atoms with E-state index in [2.05, 4.69) is 0 Å². The largest absolute Gasteiger partial charge is 0.508 e. The van der Waals surface area contributed by atoms with Gasteiger partial charge in [0.25, 0.3) is 0 Å². The maximum absolute atomic E-state index is 10.1. The highest BCUT2D eigenvalue weighted by Crippen LogP contribution is 2.36. The molecule has 1 saturated heterocycles. The molecule has 1 fully saturated rings. The highest BCUT2D eigenvalue weighted by Gasteiger charge is 2.44. The Bertz CT molecular complexity index is 863. The first kappa shape index (κ1) is 20.9. The molecule has 0 aromatic heterocycles. The summed E-state index contributed by atoms with van der Waals surface area (Å²) >= 11 is 0. The van der Waals surface area contributed by atoms with Gasteiger partial charge >= 0.3 is 0 Å². The van der Waals surface area contributed by atoms with E-state index in [0.29, 0.717) is 0 Å². The third-order valence-corrected chi connectivity index (χ3v) is 4.55. The number of hydrogen-bond donors (Lipinski definition) is 7. The summed E-state index contributed by atoms with van der Waals surface area (Å²) in [6.45, 7) is -0.618. The van der Waals surface area contributed by atoms with Crippen LogP contribution < -0.4 is 4.74 Å². The number of phenols is 3. The van der Waals surface area contributed by atoms with E-state index in [9.17, 15) is 35.7 Å². The average Bonchev–Trinajstić information content (AvgIpc) is 2.70. The Hall–Kier alpha value is -2.82. The summed E-state index contributed by atoms with van der Waals surface area (Å²) in [6, 6.07) is 8.66. The molecule has 29 heavy (non-hydrogen) atoms. The van der Waals surface area contributed by atoms with Crippen molar-refractivity contribution < 1.29 is 45.2 Å². The molecule has 5 atom stereocenters. The van der Waals surface area contributed by atoms with Gasteiger partial charge in [0.15, 0.2) is 11.5 Å². The van der Waals surface area contributed by atoms with E-state index < -0.39 is 43.1 Å². The third-order valence-electron chi connectivity index (χ3n) is 4.55. The van der Waals surface area contributed by atoms with Gasteiger partial charge in [-0.2, -0.15) is 0 Å². The van der Waals surface area contributed by atoms with E-state index in [1.165, 1.54) is 18.2 Å². The van der Waals surface area contributed by atoms with Crippen LogP contribution in [0.5, 0.6) is 23.0 Å². The molecule has 1 aliphatic rings. The lowest BCUT2D eigenvalue weighted by atomic mass is 9.99. The fourth-order valence-electron chi connectivity index (χ4n) is 2.86. The van der Waals surface area contributed by atoms with E-state index in [-0.39, 0.29) is 22.8 Å². The molecule has 1 aliphatic heterocycles. The number of aliphatic hydroxyl groups is 4. The zero-order chi connectivity index (χ0) is 21.1. The minimum atomic E-state index is -1.64. The molecule has 156 valence electrons. The lowest BCUT2D eigenvalue weighted by Gasteiger charge is -2.39. The van der Waals surface area contributed by atoms with Crippen LogP contribution in [0.25, 0.3) is 12.2 Å². The normalized spacial score (nSPS) is 27.2. The van der Waals surface area contributed by atoms with Crippen LogP contribution >= 0.6 is 0 Å². The van der Waals surface area contributed by atoms with Crippen molar-refractivity contribution in [3.8, 4) is 23.0 Å². The van der Waals surface area contributed by atoms with E-state index in [1.54, 1.807) is 24.3 Å². The van der Waals surface area contributed by atoms with Gasteiger partial charge in [0.1, 0.15) is 35.9 Å². The lowest BCUT2D eigenvalue weighted by molar-refractivity contribution is -0.277. The molecule has 7 N–H and O–H groups in total. The molecule has 1 heterocycles. The van der Waals surface area contributed by atoms with Gasteiger partial charge in [0.05, 0.1) is 6.61 Å². The fraction of sp³-hybridized carbons (Fsp3) is 0.300. The summed E-state index contributed by atoms with van der Waals surface area (Å²) in [5.74, 6) is -0.720. The second-order valence-electron chi connectivity index (χ2n) is 6.62. The van der Waals surface area contributed by atoms with E-state index in [4.69, 9.17) is 9.47 Å². The van der Waals surface area contributed by atoms with Crippen LogP contribution in [0.2, 0.25) is 0 Å². The van der Waals surface area contributed by atoms with Crippen LogP contribution in [0, 0.1) is 0 Å². The smallest absolute Gasteiger partial charge is 0.229 e. The van der Waals surface area contributed by atoms with Crippen LogP contribution in [0.3, 0.4) is 0 Å². The van der Waals surface area contributed by atoms with Crippen LogP contribution in [-0.2, 0) is 4.74 Å². The Morgan fingerprint density at radius 2 is 1.55 bits per heavy atom. The predicted octanol–water partition coefficient (Wildman–Crippen LogP) is 0.152. The standard InChI is InChI=1S/C20H22O9/c21-9-16-17(25)18(26)19(27)20(29-16)28-15-7-11(13(23)8-14(15)24)4-1-10-2-5-12(22)6-3-10/h1-8,16-27H,9H2. The van der Waals surface area contributed by atoms with Crippen LogP contribution in [0.4, 0.5) is 0 Å². The number of phenolic OH excluding ortho intramolecular Hbond substituents is 3. The maximum Gasteiger partial charge on any atom is 0.229 e. The molecule has 0 aliphatic carbocycles. The Balaban J connectivity index is 1.82. The van der Waals surface area contributed by atoms with Gasteiger partial charge in [-0.1, -0.05) is 24.3 Å². The average molecular weight is 406 g/mol. The Labute approximate surface area is 165 Å². The zero-order valence-corrected chi connectivity index (χ0v) is 15.2. The monoisotopic (exact) mass is 406 g/mol. The second-order valence-corrected chi connectivity index (χ2v) is 6.62. The molecular formula is C20H22O9. The topological polar surface area (TPSA) is 160 Å². The summed E-state index contributed by atoms with van der Waals surface area (Å²) in [4.78, 5) is 0. The van der Waals surface area contributed by atoms with Gasteiger partial charge in [-0.25, -0.2) is 0 Å². The van der Waals surface area contributed by atoms with Crippen LogP contribution in [0.15, 0.2) is 36.4 Å². The molecule has 0 spiro atoms. The van der Waals surface area contributed by atoms with Crippen molar-refractivity contribution in [2.75, 3.05) is 6.61 Å². The number of hydrogen-bond acceptors (Lipinski definition) is 9. The van der Waals surface area contributed by atoms with Crippen LogP contribution in [0.1, 0.15) is 11.1 Å². The Morgan fingerprint density at radius 1 is 0.862 bits per heavy atom. The first-order valence-electron chi connectivity index (χ1n) is 8.80. The van der Waals surface area contributed by atoms with Gasteiger partial charge in [-0.05, 0) is 23.8 Å². The van der Waals surface area contributed by atoms with E-state index >= 15 is 0 Å². The molecular weight excluding hydrogens is 384 g/mol. The van der Waals surface area contributed by atoms with Crippen LogP contribution in [-0.4, -0.2) is 73.1 Å². The van der Waals surface area contributed by atoms with Crippen molar-refractivity contribution in [3.05, 3.63) is 47.5 Å². The van der Waals surface area contributed by atoms with Crippen molar-refractivity contribution in [1.29, 1.82) is 0 Å². The number of rotatable bonds is 5. The summed E-state index contributed by atoms with van der Waals surface area (Å²) in [5, 5.41) is 68.4. The van der Waals surface area contributed by atoms with Gasteiger partial charge in [0.2, 0.25) is 6.29 Å². The summed E-state index contributed by atoms with van der Waals surface area (Å²) in [5.41, 5.74) is 1.02. The highest BCUT2D eigenvalue weighted by atomic mass is 16.7. The highest BCUT2D eigenvalue weighted by molar-refractivity contribution is 5.74. The van der Waals surface area contributed by atoms with Crippen molar-refractivity contribution in [1.82, 2.24) is 0 Å². The summed E-state index contributed by atoms with van der Waals surface area (Å²) in [6.07, 6.45) is -4.24. The maximum atomic E-state index is 10.1. The number of aliphatic hydroxyl groups excluding tert-OH is 4. The van der Waals surface area contributed by atoms with Gasteiger partial charge in [0, 0.05) is 11.6 Å². The minimum absolute atomic E-state index is 0.116. The second kappa shape index (κ2) is 8.68. The van der Waals surface area contributed by atoms with Crippen molar-refractivity contribution >= 4 is 12.2 Å². The molecule has 0 radical (unpaired) electrons. The fourth-order valence-corrected chi connectivity index (χ4v) is 2.86. The number of ether oxygens (including phenoxy) is 2.